The van der Waals surface area contributed by atoms with Crippen LogP contribution >= 0.6 is 22.9 Å². The highest BCUT2D eigenvalue weighted by Gasteiger charge is 2.33. The van der Waals surface area contributed by atoms with E-state index in [0.29, 0.717) is 28.9 Å². The van der Waals surface area contributed by atoms with E-state index in [1.165, 1.54) is 0 Å². The van der Waals surface area contributed by atoms with Crippen LogP contribution in [-0.2, 0) is 6.54 Å². The van der Waals surface area contributed by atoms with Crippen LogP contribution in [0, 0.1) is 0 Å². The second-order valence-corrected chi connectivity index (χ2v) is 6.22. The van der Waals surface area contributed by atoms with Gasteiger partial charge in [0, 0.05) is 18.3 Å². The first-order chi connectivity index (χ1) is 9.65. The standard InChI is InChI=1S/C15H15ClN2OS/c16-14-4-1-11(17)7-13(14)15(19)18(12-2-3-12)8-10-5-6-20-9-10/h1,4-7,9,12H,2-3,8,17H2. The molecule has 0 aliphatic heterocycles. The van der Waals surface area contributed by atoms with E-state index in [1.807, 2.05) is 16.3 Å². The highest BCUT2D eigenvalue weighted by molar-refractivity contribution is 7.07. The van der Waals surface area contributed by atoms with E-state index in [9.17, 15) is 4.79 Å². The van der Waals surface area contributed by atoms with Crippen LogP contribution in [0.4, 0.5) is 5.69 Å². The van der Waals surface area contributed by atoms with Gasteiger partial charge in [-0.15, -0.1) is 0 Å². The molecule has 0 saturated heterocycles. The molecule has 1 aliphatic rings. The summed E-state index contributed by atoms with van der Waals surface area (Å²) in [5.74, 6) is -0.0315. The lowest BCUT2D eigenvalue weighted by molar-refractivity contribution is 0.0730. The maximum atomic E-state index is 12.7. The summed E-state index contributed by atoms with van der Waals surface area (Å²) in [6.45, 7) is 0.637. The molecule has 1 fully saturated rings. The number of benzene rings is 1. The van der Waals surface area contributed by atoms with Crippen molar-refractivity contribution in [1.29, 1.82) is 0 Å². The van der Waals surface area contributed by atoms with Gasteiger partial charge in [0.15, 0.2) is 0 Å². The van der Waals surface area contributed by atoms with Crippen molar-refractivity contribution < 1.29 is 4.79 Å². The molecule has 0 spiro atoms. The first-order valence-electron chi connectivity index (χ1n) is 6.52. The maximum Gasteiger partial charge on any atom is 0.255 e. The molecule has 0 radical (unpaired) electrons. The Morgan fingerprint density at radius 3 is 2.85 bits per heavy atom. The zero-order valence-corrected chi connectivity index (χ0v) is 12.5. The molecule has 1 aromatic carbocycles. The molecule has 104 valence electrons. The number of hydrogen-bond acceptors (Lipinski definition) is 3. The number of nitrogens with zero attached hydrogens (tertiary/aromatic N) is 1. The molecular weight excluding hydrogens is 292 g/mol. The maximum absolute atomic E-state index is 12.7. The van der Waals surface area contributed by atoms with Crippen LogP contribution < -0.4 is 5.73 Å². The Hall–Kier alpha value is -1.52. The molecule has 5 heteroatoms. The zero-order valence-electron chi connectivity index (χ0n) is 10.9. The second-order valence-electron chi connectivity index (χ2n) is 5.04. The first kappa shape index (κ1) is 13.5. The Morgan fingerprint density at radius 2 is 2.20 bits per heavy atom. The SMILES string of the molecule is Nc1ccc(Cl)c(C(=O)N(Cc2ccsc2)C2CC2)c1. The average molecular weight is 307 g/mol. The Labute approximate surface area is 127 Å². The number of halogens is 1. The second kappa shape index (κ2) is 5.46. The summed E-state index contributed by atoms with van der Waals surface area (Å²) in [7, 11) is 0. The molecule has 3 nitrogen and oxygen atoms in total. The summed E-state index contributed by atoms with van der Waals surface area (Å²) in [6.07, 6.45) is 2.13. The van der Waals surface area contributed by atoms with E-state index in [0.717, 1.165) is 18.4 Å². The van der Waals surface area contributed by atoms with Gasteiger partial charge in [-0.05, 0) is 53.4 Å². The largest absolute Gasteiger partial charge is 0.399 e. The van der Waals surface area contributed by atoms with Crippen molar-refractivity contribution in [2.75, 3.05) is 5.73 Å². The van der Waals surface area contributed by atoms with Gasteiger partial charge in [0.2, 0.25) is 0 Å². The zero-order chi connectivity index (χ0) is 14.1. The lowest BCUT2D eigenvalue weighted by Gasteiger charge is -2.22. The van der Waals surface area contributed by atoms with Crippen LogP contribution in [-0.4, -0.2) is 16.8 Å². The van der Waals surface area contributed by atoms with Crippen molar-refractivity contribution >= 4 is 34.5 Å². The third kappa shape index (κ3) is 2.81. The van der Waals surface area contributed by atoms with Gasteiger partial charge < -0.3 is 10.6 Å². The predicted octanol–water partition coefficient (Wildman–Crippen LogP) is 3.79. The van der Waals surface area contributed by atoms with E-state index in [4.69, 9.17) is 17.3 Å². The molecule has 20 heavy (non-hydrogen) atoms. The van der Waals surface area contributed by atoms with Crippen molar-refractivity contribution in [1.82, 2.24) is 4.90 Å². The number of amides is 1. The molecule has 2 aromatic rings. The smallest absolute Gasteiger partial charge is 0.255 e. The average Bonchev–Trinajstić information content (AvgIpc) is 3.15. The lowest BCUT2D eigenvalue weighted by Crippen LogP contribution is -2.32. The third-order valence-corrected chi connectivity index (χ3v) is 4.46. The first-order valence-corrected chi connectivity index (χ1v) is 7.84. The van der Waals surface area contributed by atoms with Gasteiger partial charge in [-0.25, -0.2) is 0 Å². The van der Waals surface area contributed by atoms with Crippen molar-refractivity contribution in [2.45, 2.75) is 25.4 Å². The third-order valence-electron chi connectivity index (χ3n) is 3.40. The van der Waals surface area contributed by atoms with E-state index >= 15 is 0 Å². The van der Waals surface area contributed by atoms with Crippen LogP contribution in [0.2, 0.25) is 5.02 Å². The van der Waals surface area contributed by atoms with Gasteiger partial charge in [-0.2, -0.15) is 11.3 Å². The molecule has 0 unspecified atom stereocenters. The summed E-state index contributed by atoms with van der Waals surface area (Å²) in [6, 6.07) is 7.43. The fourth-order valence-corrected chi connectivity index (χ4v) is 3.05. The Kier molecular flexibility index (Phi) is 3.68. The number of carbonyl (C=O) groups is 1. The predicted molar refractivity (Wildman–Crippen MR) is 83.1 cm³/mol. The summed E-state index contributed by atoms with van der Waals surface area (Å²) < 4.78 is 0. The minimum absolute atomic E-state index is 0.0315. The molecule has 1 aromatic heterocycles. The number of rotatable bonds is 4. The fraction of sp³-hybridized carbons (Fsp3) is 0.267. The molecule has 2 N–H and O–H groups in total. The van der Waals surface area contributed by atoms with Gasteiger partial charge >= 0.3 is 0 Å². The van der Waals surface area contributed by atoms with Gasteiger partial charge in [-0.3, -0.25) is 4.79 Å². The van der Waals surface area contributed by atoms with Crippen LogP contribution in [0.15, 0.2) is 35.0 Å². The van der Waals surface area contributed by atoms with Crippen molar-refractivity contribution in [2.24, 2.45) is 0 Å². The van der Waals surface area contributed by atoms with Gasteiger partial charge in [-0.1, -0.05) is 11.6 Å². The molecule has 1 saturated carbocycles. The number of hydrogen-bond donors (Lipinski definition) is 1. The van der Waals surface area contributed by atoms with Gasteiger partial charge in [0.05, 0.1) is 10.6 Å². The van der Waals surface area contributed by atoms with E-state index in [1.54, 1.807) is 29.5 Å². The van der Waals surface area contributed by atoms with E-state index in [2.05, 4.69) is 5.38 Å². The van der Waals surface area contributed by atoms with Crippen LogP contribution in [0.5, 0.6) is 0 Å². The minimum Gasteiger partial charge on any atom is -0.399 e. The molecular formula is C15H15ClN2OS. The minimum atomic E-state index is -0.0315. The topological polar surface area (TPSA) is 46.3 Å². The van der Waals surface area contributed by atoms with Gasteiger partial charge in [0.25, 0.3) is 5.91 Å². The molecule has 1 aliphatic carbocycles. The molecule has 0 atom stereocenters. The summed E-state index contributed by atoms with van der Waals surface area (Å²) in [5.41, 5.74) is 7.98. The molecule has 1 amide bonds. The number of nitrogens with two attached hydrogens (primary N) is 1. The molecule has 3 rings (SSSR count). The Balaban J connectivity index is 1.87. The van der Waals surface area contributed by atoms with Crippen molar-refractivity contribution in [3.05, 3.63) is 51.2 Å². The number of carbonyl (C=O) groups excluding carboxylic acids is 1. The lowest BCUT2D eigenvalue weighted by atomic mass is 10.1. The number of nitrogen functional groups attached to an aromatic ring is 1. The fourth-order valence-electron chi connectivity index (χ4n) is 2.19. The van der Waals surface area contributed by atoms with E-state index < -0.39 is 0 Å². The van der Waals surface area contributed by atoms with Crippen LogP contribution in [0.1, 0.15) is 28.8 Å². The highest BCUT2D eigenvalue weighted by atomic mass is 35.5. The quantitative estimate of drug-likeness (QED) is 0.874. The Morgan fingerprint density at radius 1 is 1.40 bits per heavy atom. The van der Waals surface area contributed by atoms with Crippen LogP contribution in [0.25, 0.3) is 0 Å². The number of thiophene rings is 1. The van der Waals surface area contributed by atoms with Crippen LogP contribution in [0.3, 0.4) is 0 Å². The van der Waals surface area contributed by atoms with Gasteiger partial charge in [0.1, 0.15) is 0 Å². The summed E-state index contributed by atoms with van der Waals surface area (Å²) in [4.78, 5) is 14.6. The normalized spacial score (nSPS) is 14.2. The summed E-state index contributed by atoms with van der Waals surface area (Å²) in [5, 5.41) is 4.56. The molecule has 0 bridgehead atoms. The number of anilines is 1. The highest BCUT2D eigenvalue weighted by Crippen LogP contribution is 2.32. The van der Waals surface area contributed by atoms with Crippen molar-refractivity contribution in [3.63, 3.8) is 0 Å². The summed E-state index contributed by atoms with van der Waals surface area (Å²) >= 11 is 7.78. The Bertz CT molecular complexity index is 623. The molecule has 1 heterocycles. The monoisotopic (exact) mass is 306 g/mol. The van der Waals surface area contributed by atoms with E-state index in [-0.39, 0.29) is 5.91 Å². The van der Waals surface area contributed by atoms with Crippen molar-refractivity contribution in [3.8, 4) is 0 Å².